The van der Waals surface area contributed by atoms with Crippen molar-refractivity contribution in [2.75, 3.05) is 19.6 Å². The van der Waals surface area contributed by atoms with Crippen LogP contribution in [-0.4, -0.2) is 65.6 Å². The summed E-state index contributed by atoms with van der Waals surface area (Å²) in [5.74, 6) is 1.20. The first-order valence-electron chi connectivity index (χ1n) is 11.6. The third-order valence-electron chi connectivity index (χ3n) is 6.95. The average Bonchev–Trinajstić information content (AvgIpc) is 3.54. The van der Waals surface area contributed by atoms with Crippen molar-refractivity contribution in [1.29, 1.82) is 0 Å². The predicted octanol–water partition coefficient (Wildman–Crippen LogP) is 2.60. The highest BCUT2D eigenvalue weighted by atomic mass is 16.2. The number of carbonyl (C=O) groups is 2. The zero-order valence-corrected chi connectivity index (χ0v) is 18.7. The summed E-state index contributed by atoms with van der Waals surface area (Å²) in [5, 5.41) is 8.59. The van der Waals surface area contributed by atoms with Crippen LogP contribution < -0.4 is 0 Å². The van der Waals surface area contributed by atoms with Gasteiger partial charge in [-0.1, -0.05) is 18.2 Å². The fraction of sp³-hybridized carbons (Fsp3) is 0.320. The van der Waals surface area contributed by atoms with Gasteiger partial charge in [0.1, 0.15) is 12.2 Å². The SMILES string of the molecule is O=C(c1ccccc1)N1CCC(c2ccn3ncc(C(=O)N4CCn5ncnc5C4)c3c2)CC1. The standard InChI is InChI=1S/C25H25N7O2/c33-24(19-4-2-1-3-5-19)29-9-6-18(7-10-29)20-8-11-31-22(14-20)21(15-27-31)25(34)30-12-13-32-23(16-30)26-17-28-32/h1-5,8,11,14-15,17-18H,6-7,9-10,12-13,16H2. The molecule has 0 atom stereocenters. The Morgan fingerprint density at radius 2 is 1.71 bits per heavy atom. The number of aromatic nitrogens is 5. The van der Waals surface area contributed by atoms with E-state index in [0.717, 1.165) is 42.8 Å². The zero-order valence-electron chi connectivity index (χ0n) is 18.7. The Morgan fingerprint density at radius 3 is 2.53 bits per heavy atom. The van der Waals surface area contributed by atoms with Crippen LogP contribution in [0.15, 0.2) is 61.2 Å². The van der Waals surface area contributed by atoms with Crippen LogP contribution in [-0.2, 0) is 13.1 Å². The minimum Gasteiger partial charge on any atom is -0.339 e. The van der Waals surface area contributed by atoms with Crippen molar-refractivity contribution in [3.63, 3.8) is 0 Å². The summed E-state index contributed by atoms with van der Waals surface area (Å²) >= 11 is 0. The Balaban J connectivity index is 1.18. The summed E-state index contributed by atoms with van der Waals surface area (Å²) in [6, 6.07) is 13.6. The molecule has 1 saturated heterocycles. The maximum atomic E-state index is 13.3. The lowest BCUT2D eigenvalue weighted by molar-refractivity contribution is 0.0699. The topological polar surface area (TPSA) is 88.6 Å². The van der Waals surface area contributed by atoms with Crippen LogP contribution in [0.25, 0.3) is 5.52 Å². The summed E-state index contributed by atoms with van der Waals surface area (Å²) < 4.78 is 3.60. The molecule has 2 aliphatic rings. The van der Waals surface area contributed by atoms with E-state index in [2.05, 4.69) is 27.3 Å². The third kappa shape index (κ3) is 3.63. The average molecular weight is 456 g/mol. The molecule has 6 rings (SSSR count). The monoisotopic (exact) mass is 455 g/mol. The maximum Gasteiger partial charge on any atom is 0.258 e. The van der Waals surface area contributed by atoms with E-state index in [9.17, 15) is 9.59 Å². The Hall–Kier alpha value is -4.01. The van der Waals surface area contributed by atoms with Gasteiger partial charge in [-0.05, 0) is 48.6 Å². The summed E-state index contributed by atoms with van der Waals surface area (Å²) in [6.45, 7) is 3.14. The van der Waals surface area contributed by atoms with E-state index in [1.54, 1.807) is 15.6 Å². The van der Waals surface area contributed by atoms with Gasteiger partial charge in [0.05, 0.1) is 30.4 Å². The van der Waals surface area contributed by atoms with Gasteiger partial charge in [0.2, 0.25) is 0 Å². The molecule has 0 unspecified atom stereocenters. The van der Waals surface area contributed by atoms with E-state index in [1.807, 2.05) is 46.1 Å². The molecule has 5 heterocycles. The lowest BCUT2D eigenvalue weighted by Gasteiger charge is -2.32. The first-order valence-corrected chi connectivity index (χ1v) is 11.6. The van der Waals surface area contributed by atoms with E-state index in [-0.39, 0.29) is 11.8 Å². The highest BCUT2D eigenvalue weighted by molar-refractivity contribution is 6.00. The van der Waals surface area contributed by atoms with Gasteiger partial charge >= 0.3 is 0 Å². The van der Waals surface area contributed by atoms with Crippen LogP contribution in [0, 0.1) is 0 Å². The van der Waals surface area contributed by atoms with Crippen molar-refractivity contribution >= 4 is 17.3 Å². The highest BCUT2D eigenvalue weighted by Gasteiger charge is 2.27. The zero-order chi connectivity index (χ0) is 23.1. The number of nitrogens with zero attached hydrogens (tertiary/aromatic N) is 7. The molecule has 9 heteroatoms. The van der Waals surface area contributed by atoms with Crippen molar-refractivity contribution in [3.05, 3.63) is 83.7 Å². The van der Waals surface area contributed by atoms with E-state index < -0.39 is 0 Å². The van der Waals surface area contributed by atoms with Gasteiger partial charge in [-0.15, -0.1) is 0 Å². The van der Waals surface area contributed by atoms with Gasteiger partial charge in [0.25, 0.3) is 11.8 Å². The number of amides is 2. The van der Waals surface area contributed by atoms with Crippen molar-refractivity contribution in [3.8, 4) is 0 Å². The number of fused-ring (bicyclic) bond motifs is 2. The molecule has 0 radical (unpaired) electrons. The summed E-state index contributed by atoms with van der Waals surface area (Å²) in [6.07, 6.45) is 6.91. The quantitative estimate of drug-likeness (QED) is 0.474. The van der Waals surface area contributed by atoms with Gasteiger partial charge < -0.3 is 9.80 Å². The number of piperidine rings is 1. The van der Waals surface area contributed by atoms with E-state index >= 15 is 0 Å². The number of benzene rings is 1. The Kier molecular flexibility index (Phi) is 5.09. The second-order valence-corrected chi connectivity index (χ2v) is 8.91. The molecule has 4 aromatic rings. The maximum absolute atomic E-state index is 13.3. The fourth-order valence-corrected chi connectivity index (χ4v) is 5.00. The van der Waals surface area contributed by atoms with Gasteiger partial charge in [0, 0.05) is 31.4 Å². The summed E-state index contributed by atoms with van der Waals surface area (Å²) in [5.41, 5.74) is 3.34. The van der Waals surface area contributed by atoms with E-state index in [1.165, 1.54) is 11.9 Å². The molecule has 2 amide bonds. The Labute approximate surface area is 196 Å². The van der Waals surface area contributed by atoms with Gasteiger partial charge in [0.15, 0.2) is 0 Å². The lowest BCUT2D eigenvalue weighted by Crippen LogP contribution is -2.38. The lowest BCUT2D eigenvalue weighted by atomic mass is 9.89. The van der Waals surface area contributed by atoms with Crippen LogP contribution in [0.1, 0.15) is 50.9 Å². The second-order valence-electron chi connectivity index (χ2n) is 8.91. The molecule has 34 heavy (non-hydrogen) atoms. The number of rotatable bonds is 3. The van der Waals surface area contributed by atoms with Crippen LogP contribution in [0.4, 0.5) is 0 Å². The van der Waals surface area contributed by atoms with Crippen molar-refractivity contribution in [2.45, 2.75) is 31.8 Å². The smallest absolute Gasteiger partial charge is 0.258 e. The minimum absolute atomic E-state index is 0.0373. The van der Waals surface area contributed by atoms with Gasteiger partial charge in [-0.25, -0.2) is 14.2 Å². The molecule has 0 N–H and O–H groups in total. The molecule has 3 aromatic heterocycles. The van der Waals surface area contributed by atoms with Crippen molar-refractivity contribution in [2.24, 2.45) is 0 Å². The summed E-state index contributed by atoms with van der Waals surface area (Å²) in [7, 11) is 0. The van der Waals surface area contributed by atoms with Crippen LogP contribution in [0.3, 0.4) is 0 Å². The van der Waals surface area contributed by atoms with Gasteiger partial charge in [-0.2, -0.15) is 10.2 Å². The normalized spacial score (nSPS) is 16.6. The number of pyridine rings is 1. The molecule has 0 aliphatic carbocycles. The van der Waals surface area contributed by atoms with Crippen molar-refractivity contribution in [1.82, 2.24) is 34.2 Å². The molecule has 172 valence electrons. The Bertz CT molecular complexity index is 1350. The molecular formula is C25H25N7O2. The molecule has 0 spiro atoms. The van der Waals surface area contributed by atoms with Crippen LogP contribution in [0.5, 0.6) is 0 Å². The minimum atomic E-state index is -0.0373. The first-order chi connectivity index (χ1) is 16.7. The molecule has 2 aliphatic heterocycles. The van der Waals surface area contributed by atoms with Crippen LogP contribution >= 0.6 is 0 Å². The van der Waals surface area contributed by atoms with Crippen LogP contribution in [0.2, 0.25) is 0 Å². The second kappa shape index (κ2) is 8.40. The largest absolute Gasteiger partial charge is 0.339 e. The first kappa shape index (κ1) is 20.6. The molecule has 0 saturated carbocycles. The summed E-state index contributed by atoms with van der Waals surface area (Å²) in [4.78, 5) is 34.1. The Morgan fingerprint density at radius 1 is 0.882 bits per heavy atom. The number of hydrogen-bond acceptors (Lipinski definition) is 5. The predicted molar refractivity (Wildman–Crippen MR) is 124 cm³/mol. The van der Waals surface area contributed by atoms with Gasteiger partial charge in [-0.3, -0.25) is 9.59 Å². The molecule has 1 aromatic carbocycles. The highest BCUT2D eigenvalue weighted by Crippen LogP contribution is 2.30. The van der Waals surface area contributed by atoms with Crippen molar-refractivity contribution < 1.29 is 9.59 Å². The fourth-order valence-electron chi connectivity index (χ4n) is 5.00. The molecule has 9 nitrogen and oxygen atoms in total. The molecule has 1 fully saturated rings. The van der Waals surface area contributed by atoms with E-state index in [4.69, 9.17) is 0 Å². The number of carbonyl (C=O) groups excluding carboxylic acids is 2. The molecule has 0 bridgehead atoms. The van der Waals surface area contributed by atoms with E-state index in [0.29, 0.717) is 31.1 Å². The number of hydrogen-bond donors (Lipinski definition) is 0. The molecular weight excluding hydrogens is 430 g/mol. The number of likely N-dealkylation sites (tertiary alicyclic amines) is 1. The third-order valence-corrected chi connectivity index (χ3v) is 6.95.